The van der Waals surface area contributed by atoms with Crippen LogP contribution >= 0.6 is 0 Å². The molecule has 0 aliphatic rings. The summed E-state index contributed by atoms with van der Waals surface area (Å²) in [4.78, 5) is 37.8. The van der Waals surface area contributed by atoms with Crippen molar-refractivity contribution in [2.45, 2.75) is 245 Å². The highest BCUT2D eigenvalue weighted by molar-refractivity contribution is 5.71. The lowest BCUT2D eigenvalue weighted by Gasteiger charge is -2.18. The molecule has 0 amide bonds. The maximum absolute atomic E-state index is 12.7. The zero-order valence-electron chi connectivity index (χ0n) is 37.6. The van der Waals surface area contributed by atoms with Crippen LogP contribution in [0.25, 0.3) is 0 Å². The molecule has 6 heteroatoms. The first kappa shape index (κ1) is 54.4. The van der Waals surface area contributed by atoms with Gasteiger partial charge in [-0.25, -0.2) is 0 Å². The fourth-order valence-corrected chi connectivity index (χ4v) is 6.66. The first-order valence-electron chi connectivity index (χ1n) is 24.2. The molecule has 0 aromatic carbocycles. The highest BCUT2D eigenvalue weighted by atomic mass is 16.6. The second kappa shape index (κ2) is 46.1. The van der Waals surface area contributed by atoms with Crippen LogP contribution in [-0.2, 0) is 28.6 Å². The number of carbonyl (C=O) groups excluding carboxylic acids is 3. The molecule has 0 radical (unpaired) electrons. The van der Waals surface area contributed by atoms with Crippen molar-refractivity contribution < 1.29 is 28.6 Å². The van der Waals surface area contributed by atoms with Crippen LogP contribution < -0.4 is 0 Å². The zero-order chi connectivity index (χ0) is 41.5. The van der Waals surface area contributed by atoms with Crippen molar-refractivity contribution in [1.29, 1.82) is 0 Å². The van der Waals surface area contributed by atoms with Gasteiger partial charge in [0, 0.05) is 19.3 Å². The van der Waals surface area contributed by atoms with Crippen molar-refractivity contribution >= 4 is 17.9 Å². The lowest BCUT2D eigenvalue weighted by Crippen LogP contribution is -2.30. The summed E-state index contributed by atoms with van der Waals surface area (Å²) < 4.78 is 16.7. The summed E-state index contributed by atoms with van der Waals surface area (Å²) in [5.74, 6) is -0.912. The molecule has 1 unspecified atom stereocenters. The molecule has 0 spiro atoms. The Morgan fingerprint density at radius 3 is 1.07 bits per heavy atom. The summed E-state index contributed by atoms with van der Waals surface area (Å²) in [6.07, 6.45) is 53.8. The number of carbonyl (C=O) groups is 3. The largest absolute Gasteiger partial charge is 0.462 e. The van der Waals surface area contributed by atoms with Crippen molar-refractivity contribution in [2.24, 2.45) is 0 Å². The Morgan fingerprint density at radius 2 is 0.667 bits per heavy atom. The third-order valence-electron chi connectivity index (χ3n) is 10.4. The molecule has 0 saturated carbocycles. The molecule has 57 heavy (non-hydrogen) atoms. The average Bonchev–Trinajstić information content (AvgIpc) is 3.21. The second-order valence-electron chi connectivity index (χ2n) is 16.1. The van der Waals surface area contributed by atoms with Gasteiger partial charge in [0.15, 0.2) is 6.10 Å². The molecule has 0 aliphatic carbocycles. The van der Waals surface area contributed by atoms with Gasteiger partial charge >= 0.3 is 17.9 Å². The van der Waals surface area contributed by atoms with Crippen molar-refractivity contribution in [3.05, 3.63) is 48.6 Å². The van der Waals surface area contributed by atoms with E-state index < -0.39 is 6.10 Å². The van der Waals surface area contributed by atoms with Gasteiger partial charge in [-0.05, 0) is 64.2 Å². The number of hydrogen-bond donors (Lipinski definition) is 0. The van der Waals surface area contributed by atoms with E-state index in [2.05, 4.69) is 69.4 Å². The number of hydrogen-bond acceptors (Lipinski definition) is 6. The zero-order valence-corrected chi connectivity index (χ0v) is 37.6. The van der Waals surface area contributed by atoms with Gasteiger partial charge < -0.3 is 14.2 Å². The van der Waals surface area contributed by atoms with Crippen molar-refractivity contribution in [3.8, 4) is 0 Å². The van der Waals surface area contributed by atoms with Gasteiger partial charge in [0.1, 0.15) is 13.2 Å². The Kier molecular flexibility index (Phi) is 43.9. The molecule has 0 fully saturated rings. The molecule has 0 N–H and O–H groups in total. The minimum atomic E-state index is -0.781. The molecule has 0 aromatic heterocycles. The third-order valence-corrected chi connectivity index (χ3v) is 10.4. The standard InChI is InChI=1S/C51H90O6/c1-4-7-10-13-16-19-22-23-24-25-26-27-28-30-32-35-38-41-44-50(53)56-47-48(46-55-49(52)43-40-37-34-31-21-18-15-12-9-6-3)57-51(54)45-42-39-36-33-29-20-17-14-11-8-5-2/h14,17,22-27,48H,4-13,15-16,18-21,28-47H2,1-3H3/b17-14-,23-22-,25-24-,27-26-. The van der Waals surface area contributed by atoms with E-state index in [1.165, 1.54) is 109 Å². The van der Waals surface area contributed by atoms with Crippen LogP contribution in [0, 0.1) is 0 Å². The Morgan fingerprint density at radius 1 is 0.351 bits per heavy atom. The van der Waals surface area contributed by atoms with E-state index in [0.29, 0.717) is 19.3 Å². The summed E-state index contributed by atoms with van der Waals surface area (Å²) in [5, 5.41) is 0. The van der Waals surface area contributed by atoms with Crippen LogP contribution in [-0.4, -0.2) is 37.2 Å². The third kappa shape index (κ3) is 44.3. The minimum absolute atomic E-state index is 0.0818. The quantitative estimate of drug-likeness (QED) is 0.0201. The highest BCUT2D eigenvalue weighted by Gasteiger charge is 2.19. The number of esters is 3. The molecule has 0 aromatic rings. The van der Waals surface area contributed by atoms with Crippen molar-refractivity contribution in [1.82, 2.24) is 0 Å². The topological polar surface area (TPSA) is 78.9 Å². The minimum Gasteiger partial charge on any atom is -0.462 e. The SMILES string of the molecule is CCCC/C=C\CCCCCCCC(=O)OC(COC(=O)CCCCCCC\C=C/C=C\C=C/CCCCCCC)COC(=O)CCCCCCCCCCCC. The maximum Gasteiger partial charge on any atom is 0.306 e. The number of ether oxygens (including phenoxy) is 3. The average molecular weight is 799 g/mol. The normalized spacial score (nSPS) is 12.4. The fraction of sp³-hybridized carbons (Fsp3) is 0.784. The van der Waals surface area contributed by atoms with E-state index in [1.54, 1.807) is 0 Å². The van der Waals surface area contributed by atoms with Gasteiger partial charge in [-0.2, -0.15) is 0 Å². The Hall–Kier alpha value is -2.63. The Bertz CT molecular complexity index is 1010. The van der Waals surface area contributed by atoms with Crippen LogP contribution in [0.1, 0.15) is 239 Å². The van der Waals surface area contributed by atoms with Gasteiger partial charge in [0.05, 0.1) is 0 Å². The van der Waals surface area contributed by atoms with Crippen LogP contribution in [0.2, 0.25) is 0 Å². The molecule has 0 rings (SSSR count). The van der Waals surface area contributed by atoms with Gasteiger partial charge in [0.2, 0.25) is 0 Å². The molecule has 0 heterocycles. The van der Waals surface area contributed by atoms with Crippen LogP contribution in [0.4, 0.5) is 0 Å². The molecule has 0 aliphatic heterocycles. The summed E-state index contributed by atoms with van der Waals surface area (Å²) in [6, 6.07) is 0. The second-order valence-corrected chi connectivity index (χ2v) is 16.1. The Labute approximate surface area is 352 Å². The molecule has 1 atom stereocenters. The molecular weight excluding hydrogens is 709 g/mol. The Balaban J connectivity index is 4.37. The lowest BCUT2D eigenvalue weighted by molar-refractivity contribution is -0.167. The lowest BCUT2D eigenvalue weighted by atomic mass is 10.1. The fourth-order valence-electron chi connectivity index (χ4n) is 6.66. The van der Waals surface area contributed by atoms with Crippen LogP contribution in [0.5, 0.6) is 0 Å². The maximum atomic E-state index is 12.7. The smallest absolute Gasteiger partial charge is 0.306 e. The van der Waals surface area contributed by atoms with Gasteiger partial charge in [-0.15, -0.1) is 0 Å². The molecule has 0 bridgehead atoms. The highest BCUT2D eigenvalue weighted by Crippen LogP contribution is 2.14. The first-order valence-corrected chi connectivity index (χ1v) is 24.2. The van der Waals surface area contributed by atoms with E-state index in [1.807, 2.05) is 0 Å². The van der Waals surface area contributed by atoms with E-state index >= 15 is 0 Å². The van der Waals surface area contributed by atoms with Crippen molar-refractivity contribution in [3.63, 3.8) is 0 Å². The number of unbranched alkanes of at least 4 members (excludes halogenated alkanes) is 26. The molecule has 330 valence electrons. The van der Waals surface area contributed by atoms with Gasteiger partial charge in [-0.1, -0.05) is 204 Å². The first-order chi connectivity index (χ1) is 28.0. The van der Waals surface area contributed by atoms with Gasteiger partial charge in [-0.3, -0.25) is 14.4 Å². The summed E-state index contributed by atoms with van der Waals surface area (Å²) in [6.45, 7) is 6.54. The van der Waals surface area contributed by atoms with E-state index in [9.17, 15) is 14.4 Å². The van der Waals surface area contributed by atoms with Crippen LogP contribution in [0.15, 0.2) is 48.6 Å². The van der Waals surface area contributed by atoms with Crippen molar-refractivity contribution in [2.75, 3.05) is 13.2 Å². The summed E-state index contributed by atoms with van der Waals surface area (Å²) in [5.41, 5.74) is 0. The van der Waals surface area contributed by atoms with E-state index in [0.717, 1.165) is 89.9 Å². The monoisotopic (exact) mass is 799 g/mol. The summed E-state index contributed by atoms with van der Waals surface area (Å²) in [7, 11) is 0. The molecule has 6 nitrogen and oxygen atoms in total. The predicted octanol–water partition coefficient (Wildman–Crippen LogP) is 15.5. The summed E-state index contributed by atoms with van der Waals surface area (Å²) >= 11 is 0. The number of rotatable bonds is 43. The van der Waals surface area contributed by atoms with Crippen LogP contribution in [0.3, 0.4) is 0 Å². The predicted molar refractivity (Wildman–Crippen MR) is 242 cm³/mol. The molecule has 0 saturated heterocycles. The van der Waals surface area contributed by atoms with E-state index in [4.69, 9.17) is 14.2 Å². The van der Waals surface area contributed by atoms with E-state index in [-0.39, 0.29) is 31.1 Å². The van der Waals surface area contributed by atoms with Gasteiger partial charge in [0.25, 0.3) is 0 Å². The number of allylic oxidation sites excluding steroid dienone is 8. The molecular formula is C51H90O6.